The Kier molecular flexibility index (Phi) is 4.02. The van der Waals surface area contributed by atoms with Gasteiger partial charge in [0.1, 0.15) is 11.5 Å². The van der Waals surface area contributed by atoms with E-state index in [9.17, 15) is 4.79 Å². The summed E-state index contributed by atoms with van der Waals surface area (Å²) in [6.45, 7) is 2.42. The second-order valence-corrected chi connectivity index (χ2v) is 4.58. The van der Waals surface area contributed by atoms with E-state index in [-0.39, 0.29) is 22.4 Å². The number of pyridine rings is 1. The molecule has 0 radical (unpaired) electrons. The Balaban J connectivity index is 2.10. The van der Waals surface area contributed by atoms with E-state index in [1.54, 1.807) is 12.1 Å². The number of rotatable bonds is 3. The van der Waals surface area contributed by atoms with E-state index in [1.807, 2.05) is 31.2 Å². The molecule has 0 saturated carbocycles. The largest absolute Gasteiger partial charge is 0.384 e. The van der Waals surface area contributed by atoms with Crippen LogP contribution in [0.25, 0.3) is 0 Å². The number of aryl methyl sites for hydroxylation is 1. The summed E-state index contributed by atoms with van der Waals surface area (Å²) in [5.74, 6) is -0.0639. The summed E-state index contributed by atoms with van der Waals surface area (Å²) in [5, 5.41) is 3.07. The van der Waals surface area contributed by atoms with Gasteiger partial charge in [-0.1, -0.05) is 35.9 Å². The second kappa shape index (κ2) is 5.71. The summed E-state index contributed by atoms with van der Waals surface area (Å²) in [5.41, 5.74) is 7.87. The fraction of sp³-hybridized carbons (Fsp3) is 0.143. The van der Waals surface area contributed by atoms with Crippen LogP contribution in [-0.4, -0.2) is 10.9 Å². The van der Waals surface area contributed by atoms with Crippen LogP contribution in [0, 0.1) is 6.92 Å². The molecule has 3 N–H and O–H groups in total. The minimum atomic E-state index is -0.333. The first-order valence-electron chi connectivity index (χ1n) is 5.82. The number of carbonyl (C=O) groups excluding carboxylic acids is 1. The molecule has 0 saturated heterocycles. The Morgan fingerprint density at radius 1 is 1.32 bits per heavy atom. The number of anilines is 1. The minimum Gasteiger partial charge on any atom is -0.384 e. The smallest absolute Gasteiger partial charge is 0.271 e. The molecule has 0 atom stereocenters. The van der Waals surface area contributed by atoms with Crippen molar-refractivity contribution in [3.05, 3.63) is 58.2 Å². The normalized spacial score (nSPS) is 10.2. The highest BCUT2D eigenvalue weighted by atomic mass is 35.5. The van der Waals surface area contributed by atoms with Crippen molar-refractivity contribution < 1.29 is 4.79 Å². The minimum absolute atomic E-state index is 0.148. The molecule has 5 heteroatoms. The van der Waals surface area contributed by atoms with Gasteiger partial charge < -0.3 is 11.1 Å². The Morgan fingerprint density at radius 3 is 2.79 bits per heavy atom. The lowest BCUT2D eigenvalue weighted by molar-refractivity contribution is 0.0946. The average molecular weight is 276 g/mol. The maximum atomic E-state index is 12.0. The molecule has 1 heterocycles. The predicted molar refractivity (Wildman–Crippen MR) is 76.0 cm³/mol. The lowest BCUT2D eigenvalue weighted by atomic mass is 10.1. The third-order valence-electron chi connectivity index (χ3n) is 2.78. The highest BCUT2D eigenvalue weighted by Gasteiger charge is 2.12. The van der Waals surface area contributed by atoms with Crippen molar-refractivity contribution in [2.24, 2.45) is 0 Å². The number of hydrogen-bond donors (Lipinski definition) is 2. The lowest BCUT2D eigenvalue weighted by Gasteiger charge is -2.08. The maximum absolute atomic E-state index is 12.0. The molecule has 0 fully saturated rings. The molecule has 1 amide bonds. The van der Waals surface area contributed by atoms with Crippen molar-refractivity contribution in [2.75, 3.05) is 5.73 Å². The quantitative estimate of drug-likeness (QED) is 0.904. The van der Waals surface area contributed by atoms with E-state index >= 15 is 0 Å². The van der Waals surface area contributed by atoms with Gasteiger partial charge in [0.2, 0.25) is 0 Å². The number of aromatic nitrogens is 1. The molecule has 2 aromatic rings. The number of nitrogens with one attached hydrogen (secondary N) is 1. The van der Waals surface area contributed by atoms with E-state index in [0.29, 0.717) is 6.54 Å². The van der Waals surface area contributed by atoms with E-state index in [0.717, 1.165) is 11.1 Å². The third-order valence-corrected chi connectivity index (χ3v) is 3.09. The van der Waals surface area contributed by atoms with Crippen LogP contribution in [0.4, 0.5) is 5.82 Å². The van der Waals surface area contributed by atoms with Gasteiger partial charge in [0.05, 0.1) is 5.02 Å². The Hall–Kier alpha value is -2.07. The van der Waals surface area contributed by atoms with E-state index in [2.05, 4.69) is 10.3 Å². The van der Waals surface area contributed by atoms with Gasteiger partial charge in [-0.2, -0.15) is 0 Å². The van der Waals surface area contributed by atoms with E-state index < -0.39 is 0 Å². The van der Waals surface area contributed by atoms with Crippen molar-refractivity contribution in [3.63, 3.8) is 0 Å². The summed E-state index contributed by atoms with van der Waals surface area (Å²) >= 11 is 5.93. The first-order chi connectivity index (χ1) is 9.08. The predicted octanol–water partition coefficient (Wildman–Crippen LogP) is 2.56. The van der Waals surface area contributed by atoms with Crippen LogP contribution in [0.2, 0.25) is 5.02 Å². The fourth-order valence-electron chi connectivity index (χ4n) is 1.68. The van der Waals surface area contributed by atoms with Gasteiger partial charge in [-0.05, 0) is 30.2 Å². The first kappa shape index (κ1) is 13.4. The van der Waals surface area contributed by atoms with E-state index in [1.165, 1.54) is 0 Å². The van der Waals surface area contributed by atoms with Crippen LogP contribution in [0.3, 0.4) is 0 Å². The molecular formula is C14H14ClN3O. The number of nitrogen functional groups attached to an aromatic ring is 1. The molecule has 4 nitrogen and oxygen atoms in total. The molecule has 0 bridgehead atoms. The number of carbonyl (C=O) groups is 1. The highest BCUT2D eigenvalue weighted by Crippen LogP contribution is 2.15. The lowest BCUT2D eigenvalue weighted by Crippen LogP contribution is -2.24. The summed E-state index contributed by atoms with van der Waals surface area (Å²) in [6.07, 6.45) is 0. The van der Waals surface area contributed by atoms with Gasteiger partial charge in [-0.25, -0.2) is 4.98 Å². The summed E-state index contributed by atoms with van der Waals surface area (Å²) in [4.78, 5) is 15.9. The van der Waals surface area contributed by atoms with Crippen LogP contribution < -0.4 is 11.1 Å². The van der Waals surface area contributed by atoms with Gasteiger partial charge in [0, 0.05) is 6.54 Å². The molecule has 0 unspecified atom stereocenters. The SMILES string of the molecule is Cc1ccccc1CNC(=O)c1nc(N)ccc1Cl. The molecule has 98 valence electrons. The van der Waals surface area contributed by atoms with Crippen molar-refractivity contribution in [2.45, 2.75) is 13.5 Å². The molecule has 1 aromatic carbocycles. The summed E-state index contributed by atoms with van der Waals surface area (Å²) < 4.78 is 0. The first-order valence-corrected chi connectivity index (χ1v) is 6.20. The van der Waals surface area contributed by atoms with Crippen molar-refractivity contribution in [1.29, 1.82) is 0 Å². The molecular weight excluding hydrogens is 262 g/mol. The van der Waals surface area contributed by atoms with Crippen LogP contribution in [-0.2, 0) is 6.54 Å². The van der Waals surface area contributed by atoms with E-state index in [4.69, 9.17) is 17.3 Å². The highest BCUT2D eigenvalue weighted by molar-refractivity contribution is 6.33. The Morgan fingerprint density at radius 2 is 2.05 bits per heavy atom. The van der Waals surface area contributed by atoms with Gasteiger partial charge in [0.15, 0.2) is 0 Å². The van der Waals surface area contributed by atoms with Crippen molar-refractivity contribution in [1.82, 2.24) is 10.3 Å². The Labute approximate surface area is 116 Å². The maximum Gasteiger partial charge on any atom is 0.271 e. The molecule has 2 rings (SSSR count). The monoisotopic (exact) mass is 275 g/mol. The average Bonchev–Trinajstić information content (AvgIpc) is 2.40. The topological polar surface area (TPSA) is 68.0 Å². The molecule has 0 spiro atoms. The zero-order valence-corrected chi connectivity index (χ0v) is 11.2. The Bertz CT molecular complexity index is 613. The fourth-order valence-corrected chi connectivity index (χ4v) is 1.88. The van der Waals surface area contributed by atoms with Crippen LogP contribution in [0.15, 0.2) is 36.4 Å². The van der Waals surface area contributed by atoms with Gasteiger partial charge in [-0.3, -0.25) is 4.79 Å². The number of nitrogens with zero attached hydrogens (tertiary/aromatic N) is 1. The van der Waals surface area contributed by atoms with Crippen LogP contribution in [0.1, 0.15) is 21.6 Å². The van der Waals surface area contributed by atoms with Crippen molar-refractivity contribution >= 4 is 23.3 Å². The molecule has 19 heavy (non-hydrogen) atoms. The zero-order chi connectivity index (χ0) is 13.8. The van der Waals surface area contributed by atoms with Crippen LogP contribution >= 0.6 is 11.6 Å². The van der Waals surface area contributed by atoms with Gasteiger partial charge in [-0.15, -0.1) is 0 Å². The number of nitrogens with two attached hydrogens (primary N) is 1. The number of benzene rings is 1. The summed E-state index contributed by atoms with van der Waals surface area (Å²) in [6, 6.07) is 11.0. The van der Waals surface area contributed by atoms with Gasteiger partial charge >= 0.3 is 0 Å². The van der Waals surface area contributed by atoms with Crippen molar-refractivity contribution in [3.8, 4) is 0 Å². The zero-order valence-electron chi connectivity index (χ0n) is 10.5. The molecule has 0 aliphatic rings. The number of hydrogen-bond acceptors (Lipinski definition) is 3. The number of halogens is 1. The van der Waals surface area contributed by atoms with Gasteiger partial charge in [0.25, 0.3) is 5.91 Å². The molecule has 0 aliphatic carbocycles. The van der Waals surface area contributed by atoms with Crippen LogP contribution in [0.5, 0.6) is 0 Å². The number of amides is 1. The second-order valence-electron chi connectivity index (χ2n) is 4.18. The third kappa shape index (κ3) is 3.23. The standard InChI is InChI=1S/C14H14ClN3O/c1-9-4-2-3-5-10(9)8-17-14(19)13-11(15)6-7-12(16)18-13/h2-7H,8H2,1H3,(H2,16,18)(H,17,19). The summed E-state index contributed by atoms with van der Waals surface area (Å²) in [7, 11) is 0. The molecule has 1 aromatic heterocycles. The molecule has 0 aliphatic heterocycles.